The molecule has 28 heavy (non-hydrogen) atoms. The molecule has 0 fully saturated rings. The second-order valence-corrected chi connectivity index (χ2v) is 5.92. The monoisotopic (exact) mass is 398 g/mol. The van der Waals surface area contributed by atoms with Crippen molar-refractivity contribution in [3.05, 3.63) is 65.4 Å². The zero-order valence-electron chi connectivity index (χ0n) is 14.4. The Morgan fingerprint density at radius 2 is 1.89 bits per heavy atom. The molecule has 9 heteroatoms. The largest absolute Gasteiger partial charge is 0.573 e. The first-order valence-corrected chi connectivity index (χ1v) is 8.24. The molecule has 0 aliphatic carbocycles. The minimum absolute atomic E-state index is 0.0699. The van der Waals surface area contributed by atoms with Crippen molar-refractivity contribution in [3.63, 3.8) is 0 Å². The first kappa shape index (κ1) is 19.8. The summed E-state index contributed by atoms with van der Waals surface area (Å²) in [6.07, 6.45) is -1.22. The molecule has 0 spiro atoms. The lowest BCUT2D eigenvalue weighted by Crippen LogP contribution is -2.17. The van der Waals surface area contributed by atoms with E-state index in [0.29, 0.717) is 17.5 Å². The van der Waals surface area contributed by atoms with Crippen molar-refractivity contribution < 1.29 is 31.8 Å². The number of aromatic nitrogens is 2. The van der Waals surface area contributed by atoms with Crippen LogP contribution < -0.4 is 4.74 Å². The molecular formula is C19H15F5N2O2. The first-order chi connectivity index (χ1) is 13.3. The summed E-state index contributed by atoms with van der Waals surface area (Å²) in [6.45, 7) is -0.189. The number of rotatable bonds is 6. The van der Waals surface area contributed by atoms with Gasteiger partial charge in [0.1, 0.15) is 17.4 Å². The molecule has 0 saturated heterocycles. The van der Waals surface area contributed by atoms with Crippen molar-refractivity contribution in [2.45, 2.75) is 19.3 Å². The SMILES string of the molecule is OCC/C=C/c1nn(Cc2ccc(F)cc2F)c2cc(OC(F)(F)F)ccc12. The molecule has 2 aromatic carbocycles. The Kier molecular flexibility index (Phi) is 5.64. The molecule has 0 aliphatic rings. The summed E-state index contributed by atoms with van der Waals surface area (Å²) in [5.41, 5.74) is 0.845. The summed E-state index contributed by atoms with van der Waals surface area (Å²) in [4.78, 5) is 0. The number of aliphatic hydroxyl groups excluding tert-OH is 1. The zero-order chi connectivity index (χ0) is 20.3. The van der Waals surface area contributed by atoms with Gasteiger partial charge in [0.2, 0.25) is 0 Å². The second-order valence-electron chi connectivity index (χ2n) is 5.92. The number of hydrogen-bond donors (Lipinski definition) is 1. The van der Waals surface area contributed by atoms with Crippen molar-refractivity contribution in [2.75, 3.05) is 6.61 Å². The van der Waals surface area contributed by atoms with Crippen molar-refractivity contribution in [3.8, 4) is 5.75 Å². The minimum Gasteiger partial charge on any atom is -0.406 e. The van der Waals surface area contributed by atoms with Crippen LogP contribution in [0.3, 0.4) is 0 Å². The highest BCUT2D eigenvalue weighted by atomic mass is 19.4. The number of benzene rings is 2. The van der Waals surface area contributed by atoms with E-state index < -0.39 is 23.7 Å². The first-order valence-electron chi connectivity index (χ1n) is 8.24. The Labute approximate surface area is 156 Å². The van der Waals surface area contributed by atoms with Crippen LogP contribution in [-0.2, 0) is 6.54 Å². The molecule has 0 atom stereocenters. The van der Waals surface area contributed by atoms with Gasteiger partial charge in [-0.2, -0.15) is 5.10 Å². The number of nitrogens with zero attached hydrogens (tertiary/aromatic N) is 2. The summed E-state index contributed by atoms with van der Waals surface area (Å²) < 4.78 is 69.9. The van der Waals surface area contributed by atoms with Crippen molar-refractivity contribution in [2.24, 2.45) is 0 Å². The van der Waals surface area contributed by atoms with Crippen LogP contribution in [0, 0.1) is 11.6 Å². The lowest BCUT2D eigenvalue weighted by atomic mass is 10.1. The molecule has 0 bridgehead atoms. The predicted molar refractivity (Wildman–Crippen MR) is 92.6 cm³/mol. The maximum Gasteiger partial charge on any atom is 0.573 e. The standard InChI is InChI=1S/C19H15F5N2O2/c20-13-5-4-12(16(21)9-13)11-26-18-10-14(28-19(22,23)24)6-7-15(18)17(25-26)3-1-2-8-27/h1,3-7,9-10,27H,2,8,11H2/b3-1+. The summed E-state index contributed by atoms with van der Waals surface area (Å²) >= 11 is 0. The van der Waals surface area contributed by atoms with Gasteiger partial charge < -0.3 is 9.84 Å². The van der Waals surface area contributed by atoms with E-state index in [1.54, 1.807) is 12.2 Å². The van der Waals surface area contributed by atoms with E-state index in [1.165, 1.54) is 16.8 Å². The summed E-state index contributed by atoms with van der Waals surface area (Å²) in [6, 6.07) is 6.78. The molecule has 148 valence electrons. The van der Waals surface area contributed by atoms with Gasteiger partial charge in [-0.1, -0.05) is 12.1 Å². The van der Waals surface area contributed by atoms with E-state index in [-0.39, 0.29) is 24.2 Å². The van der Waals surface area contributed by atoms with Gasteiger partial charge in [0, 0.05) is 29.7 Å². The van der Waals surface area contributed by atoms with E-state index in [1.807, 2.05) is 0 Å². The van der Waals surface area contributed by atoms with Crippen LogP contribution in [0.15, 0.2) is 42.5 Å². The third-order valence-electron chi connectivity index (χ3n) is 3.89. The van der Waals surface area contributed by atoms with Crippen LogP contribution >= 0.6 is 0 Å². The van der Waals surface area contributed by atoms with Crippen LogP contribution in [0.2, 0.25) is 0 Å². The van der Waals surface area contributed by atoms with Gasteiger partial charge in [-0.3, -0.25) is 4.68 Å². The van der Waals surface area contributed by atoms with Crippen molar-refractivity contribution in [1.82, 2.24) is 9.78 Å². The van der Waals surface area contributed by atoms with Gasteiger partial charge >= 0.3 is 6.36 Å². The second kappa shape index (κ2) is 7.97. The van der Waals surface area contributed by atoms with E-state index >= 15 is 0 Å². The molecule has 0 aliphatic heterocycles. The molecule has 3 rings (SSSR count). The zero-order valence-corrected chi connectivity index (χ0v) is 14.4. The summed E-state index contributed by atoms with van der Waals surface area (Å²) in [5, 5.41) is 13.7. The third kappa shape index (κ3) is 4.66. The normalized spacial score (nSPS) is 12.2. The van der Waals surface area contributed by atoms with Gasteiger partial charge in [-0.05, 0) is 30.7 Å². The highest BCUT2D eigenvalue weighted by molar-refractivity contribution is 5.88. The average molecular weight is 398 g/mol. The van der Waals surface area contributed by atoms with Crippen molar-refractivity contribution >= 4 is 17.0 Å². The van der Waals surface area contributed by atoms with Crippen molar-refractivity contribution in [1.29, 1.82) is 0 Å². The molecule has 3 aromatic rings. The Bertz CT molecular complexity index is 1010. The Balaban J connectivity index is 2.06. The fourth-order valence-electron chi connectivity index (χ4n) is 2.70. The van der Waals surface area contributed by atoms with E-state index in [4.69, 9.17) is 5.11 Å². The van der Waals surface area contributed by atoms with E-state index in [9.17, 15) is 22.0 Å². The minimum atomic E-state index is -4.86. The highest BCUT2D eigenvalue weighted by Crippen LogP contribution is 2.29. The molecular weight excluding hydrogens is 383 g/mol. The van der Waals surface area contributed by atoms with Crippen LogP contribution in [-0.4, -0.2) is 27.9 Å². The van der Waals surface area contributed by atoms with Gasteiger partial charge in [-0.25, -0.2) is 8.78 Å². The molecule has 4 nitrogen and oxygen atoms in total. The summed E-state index contributed by atoms with van der Waals surface area (Å²) in [5.74, 6) is -1.96. The van der Waals surface area contributed by atoms with Crippen LogP contribution in [0.4, 0.5) is 22.0 Å². The van der Waals surface area contributed by atoms with Crippen LogP contribution in [0.1, 0.15) is 17.7 Å². The number of fused-ring (bicyclic) bond motifs is 1. The van der Waals surface area contributed by atoms with Crippen LogP contribution in [0.5, 0.6) is 5.75 Å². The molecule has 0 radical (unpaired) electrons. The summed E-state index contributed by atoms with van der Waals surface area (Å²) in [7, 11) is 0. The number of aliphatic hydroxyl groups is 1. The quantitative estimate of drug-likeness (QED) is 0.615. The lowest BCUT2D eigenvalue weighted by Gasteiger charge is -2.10. The predicted octanol–water partition coefficient (Wildman–Crippen LogP) is 4.66. The van der Waals surface area contributed by atoms with Gasteiger partial charge in [0.25, 0.3) is 0 Å². The molecule has 1 heterocycles. The average Bonchev–Trinajstić information content (AvgIpc) is 2.93. The maximum absolute atomic E-state index is 14.0. The molecule has 0 saturated carbocycles. The fourth-order valence-corrected chi connectivity index (χ4v) is 2.70. The Morgan fingerprint density at radius 1 is 1.11 bits per heavy atom. The number of halogens is 5. The maximum atomic E-state index is 14.0. The molecule has 1 N–H and O–H groups in total. The van der Waals surface area contributed by atoms with Gasteiger partial charge in [-0.15, -0.1) is 13.2 Å². The fraction of sp³-hybridized carbons (Fsp3) is 0.211. The molecule has 0 amide bonds. The number of hydrogen-bond acceptors (Lipinski definition) is 3. The Morgan fingerprint density at radius 3 is 2.57 bits per heavy atom. The van der Waals surface area contributed by atoms with Gasteiger partial charge in [0.15, 0.2) is 0 Å². The number of ether oxygens (including phenoxy) is 1. The third-order valence-corrected chi connectivity index (χ3v) is 3.89. The molecule has 0 unspecified atom stereocenters. The lowest BCUT2D eigenvalue weighted by molar-refractivity contribution is -0.274. The molecule has 1 aromatic heterocycles. The van der Waals surface area contributed by atoms with E-state index in [2.05, 4.69) is 9.84 Å². The van der Waals surface area contributed by atoms with Gasteiger partial charge in [0.05, 0.1) is 17.8 Å². The highest BCUT2D eigenvalue weighted by Gasteiger charge is 2.31. The smallest absolute Gasteiger partial charge is 0.406 e. The van der Waals surface area contributed by atoms with Crippen LogP contribution in [0.25, 0.3) is 17.0 Å². The number of alkyl halides is 3. The topological polar surface area (TPSA) is 47.3 Å². The van der Waals surface area contributed by atoms with E-state index in [0.717, 1.165) is 24.3 Å². The Hall–Kier alpha value is -2.94.